The minimum absolute atomic E-state index is 0.0360. The molecule has 1 aliphatic rings. The van der Waals surface area contributed by atoms with Crippen LogP contribution in [0.15, 0.2) is 18.2 Å². The van der Waals surface area contributed by atoms with Crippen LogP contribution in [0.4, 0.5) is 13.2 Å². The van der Waals surface area contributed by atoms with Crippen LogP contribution in [0, 0.1) is 0 Å². The minimum atomic E-state index is -4.92. The number of rotatable bonds is 1. The summed E-state index contributed by atoms with van der Waals surface area (Å²) < 4.78 is 41.3. The van der Waals surface area contributed by atoms with Gasteiger partial charge in [-0.25, -0.2) is 0 Å². The van der Waals surface area contributed by atoms with Crippen LogP contribution in [0.1, 0.15) is 29.8 Å². The summed E-state index contributed by atoms with van der Waals surface area (Å²) in [5.41, 5.74) is -1.07. The van der Waals surface area contributed by atoms with Crippen molar-refractivity contribution in [1.29, 1.82) is 0 Å². The predicted octanol–water partition coefficient (Wildman–Crippen LogP) is 3.23. The van der Waals surface area contributed by atoms with Crippen LogP contribution in [-0.4, -0.2) is 27.2 Å². The average Bonchev–Trinajstić information content (AvgIpc) is 2.27. The van der Waals surface area contributed by atoms with Crippen LogP contribution in [0.2, 0.25) is 0 Å². The molecular formula is C13H12BrF3O3. The van der Waals surface area contributed by atoms with E-state index in [0.717, 1.165) is 12.1 Å². The monoisotopic (exact) mass is 352 g/mol. The van der Waals surface area contributed by atoms with E-state index >= 15 is 0 Å². The van der Waals surface area contributed by atoms with Crippen LogP contribution in [0.3, 0.4) is 0 Å². The molecule has 0 aliphatic carbocycles. The molecule has 110 valence electrons. The van der Waals surface area contributed by atoms with Gasteiger partial charge in [-0.3, -0.25) is 4.79 Å². The first-order chi connectivity index (χ1) is 8.94. The zero-order chi connectivity index (χ0) is 15.3. The molecule has 1 unspecified atom stereocenters. The number of halogens is 4. The number of hydrogen-bond donors (Lipinski definition) is 1. The molecule has 0 saturated carbocycles. The summed E-state index contributed by atoms with van der Waals surface area (Å²) in [7, 11) is 0. The Kier molecular flexibility index (Phi) is 3.41. The van der Waals surface area contributed by atoms with Crippen molar-refractivity contribution in [2.75, 3.05) is 0 Å². The van der Waals surface area contributed by atoms with Crippen molar-refractivity contribution in [2.24, 2.45) is 0 Å². The van der Waals surface area contributed by atoms with E-state index in [1.54, 1.807) is 13.8 Å². The van der Waals surface area contributed by atoms with Gasteiger partial charge in [-0.1, -0.05) is 0 Å². The molecule has 1 heterocycles. The fourth-order valence-electron chi connectivity index (χ4n) is 1.94. The summed E-state index contributed by atoms with van der Waals surface area (Å²) in [6.07, 6.45) is -4.89. The number of aliphatic hydroxyl groups is 1. The van der Waals surface area contributed by atoms with Gasteiger partial charge in [0.2, 0.25) is 0 Å². The highest BCUT2D eigenvalue weighted by molar-refractivity contribution is 9.10. The maximum absolute atomic E-state index is 12.4. The summed E-state index contributed by atoms with van der Waals surface area (Å²) >= 11 is 3.11. The first-order valence-corrected chi connectivity index (χ1v) is 6.58. The van der Waals surface area contributed by atoms with Gasteiger partial charge in [0.1, 0.15) is 11.4 Å². The normalized spacial score (nSPS) is 24.8. The van der Waals surface area contributed by atoms with Gasteiger partial charge in [-0.05, 0) is 53.5 Å². The Hall–Kier alpha value is -1.08. The van der Waals surface area contributed by atoms with E-state index in [9.17, 15) is 23.1 Å². The van der Waals surface area contributed by atoms with Crippen LogP contribution in [0.25, 0.3) is 0 Å². The maximum atomic E-state index is 12.4. The predicted molar refractivity (Wildman–Crippen MR) is 69.1 cm³/mol. The van der Waals surface area contributed by atoms with Crippen molar-refractivity contribution in [3.63, 3.8) is 0 Å². The number of carbonyl (C=O) groups excluding carboxylic acids is 1. The molecule has 1 atom stereocenters. The second kappa shape index (κ2) is 4.46. The van der Waals surface area contributed by atoms with Crippen LogP contribution in [-0.2, 0) is 6.42 Å². The molecule has 20 heavy (non-hydrogen) atoms. The molecule has 0 aromatic heterocycles. The Morgan fingerprint density at radius 3 is 2.55 bits per heavy atom. The van der Waals surface area contributed by atoms with Gasteiger partial charge >= 0.3 is 6.18 Å². The van der Waals surface area contributed by atoms with E-state index in [4.69, 9.17) is 4.74 Å². The van der Waals surface area contributed by atoms with E-state index in [0.29, 0.717) is 11.3 Å². The molecule has 0 bridgehead atoms. The molecule has 0 spiro atoms. The number of ketones is 1. The lowest BCUT2D eigenvalue weighted by atomic mass is 9.90. The average molecular weight is 353 g/mol. The zero-order valence-corrected chi connectivity index (χ0v) is 12.3. The van der Waals surface area contributed by atoms with Crippen molar-refractivity contribution in [2.45, 2.75) is 36.6 Å². The first kappa shape index (κ1) is 15.3. The van der Waals surface area contributed by atoms with Crippen molar-refractivity contribution in [3.05, 3.63) is 29.3 Å². The Labute approximate surface area is 121 Å². The molecule has 1 aromatic rings. The first-order valence-electron chi connectivity index (χ1n) is 5.79. The second-order valence-corrected chi connectivity index (χ2v) is 6.51. The van der Waals surface area contributed by atoms with E-state index in [1.807, 2.05) is 0 Å². The molecule has 1 aromatic carbocycles. The molecule has 2 rings (SSSR count). The summed E-state index contributed by atoms with van der Waals surface area (Å²) in [6.45, 7) is 3.30. The Morgan fingerprint density at radius 2 is 2.00 bits per heavy atom. The highest BCUT2D eigenvalue weighted by atomic mass is 79.9. The van der Waals surface area contributed by atoms with Crippen molar-refractivity contribution in [3.8, 4) is 5.75 Å². The van der Waals surface area contributed by atoms with Crippen molar-refractivity contribution >= 4 is 21.7 Å². The van der Waals surface area contributed by atoms with E-state index in [1.165, 1.54) is 6.07 Å². The van der Waals surface area contributed by atoms with Crippen LogP contribution < -0.4 is 4.74 Å². The number of ether oxygens (including phenoxy) is 1. The Bertz CT molecular complexity index is 564. The number of benzene rings is 1. The molecular weight excluding hydrogens is 341 g/mol. The Balaban J connectivity index is 2.42. The van der Waals surface area contributed by atoms with Gasteiger partial charge in [0.15, 0.2) is 4.51 Å². The number of hydrogen-bond acceptors (Lipinski definition) is 3. The fourth-order valence-corrected chi connectivity index (χ4v) is 2.32. The largest absolute Gasteiger partial charge is 0.484 e. The summed E-state index contributed by atoms with van der Waals surface area (Å²) in [5, 5.41) is 10.2. The number of alkyl halides is 4. The molecule has 0 fully saturated rings. The third kappa shape index (κ3) is 2.56. The van der Waals surface area contributed by atoms with Crippen molar-refractivity contribution in [1.82, 2.24) is 0 Å². The second-order valence-electron chi connectivity index (χ2n) is 5.20. The highest BCUT2D eigenvalue weighted by Gasteiger charge is 2.48. The molecule has 0 radical (unpaired) electrons. The third-order valence-corrected chi connectivity index (χ3v) is 4.53. The minimum Gasteiger partial charge on any atom is -0.484 e. The fraction of sp³-hybridized carbons (Fsp3) is 0.462. The lowest BCUT2D eigenvalue weighted by Gasteiger charge is -2.43. The smallest absolute Gasteiger partial charge is 0.454 e. The number of carbonyl (C=O) groups is 1. The topological polar surface area (TPSA) is 46.5 Å². The SMILES string of the molecule is CC1(C)Oc2ccc(C(=O)C(F)(F)F)cc2CC1(O)Br. The molecule has 1 aliphatic heterocycles. The van der Waals surface area contributed by atoms with Gasteiger partial charge in [0, 0.05) is 12.0 Å². The third-order valence-electron chi connectivity index (χ3n) is 3.29. The summed E-state index contributed by atoms with van der Waals surface area (Å²) in [6, 6.07) is 3.49. The molecule has 0 saturated heterocycles. The van der Waals surface area contributed by atoms with E-state index in [-0.39, 0.29) is 6.42 Å². The standard InChI is InChI=1S/C13H12BrF3O3/c1-11(2)12(14,19)6-8-5-7(3-4-9(8)20-11)10(18)13(15,16)17/h3-5,19H,6H2,1-2H3. The quantitative estimate of drug-likeness (QED) is 0.623. The van der Waals surface area contributed by atoms with Gasteiger partial charge in [-0.15, -0.1) is 0 Å². The van der Waals surface area contributed by atoms with Crippen molar-refractivity contribution < 1.29 is 27.8 Å². The Morgan fingerprint density at radius 1 is 1.40 bits per heavy atom. The summed E-state index contributed by atoms with van der Waals surface area (Å²) in [5.74, 6) is -1.55. The maximum Gasteiger partial charge on any atom is 0.454 e. The summed E-state index contributed by atoms with van der Waals surface area (Å²) in [4.78, 5) is 11.2. The van der Waals surface area contributed by atoms with Crippen LogP contribution in [0.5, 0.6) is 5.75 Å². The molecule has 1 N–H and O–H groups in total. The molecule has 7 heteroatoms. The number of fused-ring (bicyclic) bond motifs is 1. The lowest BCUT2D eigenvalue weighted by molar-refractivity contribution is -0.0885. The van der Waals surface area contributed by atoms with Gasteiger partial charge < -0.3 is 9.84 Å². The zero-order valence-electron chi connectivity index (χ0n) is 10.7. The van der Waals surface area contributed by atoms with E-state index in [2.05, 4.69) is 15.9 Å². The van der Waals surface area contributed by atoms with Crippen LogP contribution >= 0.6 is 15.9 Å². The van der Waals surface area contributed by atoms with Gasteiger partial charge in [-0.2, -0.15) is 13.2 Å². The highest BCUT2D eigenvalue weighted by Crippen LogP contribution is 2.43. The molecule has 3 nitrogen and oxygen atoms in total. The molecule has 0 amide bonds. The van der Waals surface area contributed by atoms with E-state index < -0.39 is 27.6 Å². The lowest BCUT2D eigenvalue weighted by Crippen LogP contribution is -2.53. The van der Waals surface area contributed by atoms with Gasteiger partial charge in [0.25, 0.3) is 5.78 Å². The van der Waals surface area contributed by atoms with Gasteiger partial charge in [0.05, 0.1) is 0 Å². The number of Topliss-reactive ketones (excluding diaryl/α,β-unsaturated/α-hetero) is 1.